The van der Waals surface area contributed by atoms with Crippen LogP contribution in [0.4, 0.5) is 4.39 Å². The molecule has 33 heavy (non-hydrogen) atoms. The number of aryl methyl sites for hydroxylation is 2. The summed E-state index contributed by atoms with van der Waals surface area (Å²) in [7, 11) is 0. The summed E-state index contributed by atoms with van der Waals surface area (Å²) in [5.74, 6) is -0.212. The van der Waals surface area contributed by atoms with Crippen LogP contribution in [-0.4, -0.2) is 56.7 Å². The summed E-state index contributed by atoms with van der Waals surface area (Å²) in [6.07, 6.45) is 0. The van der Waals surface area contributed by atoms with Crippen LogP contribution in [0.3, 0.4) is 0 Å². The fourth-order valence-corrected chi connectivity index (χ4v) is 4.50. The lowest BCUT2D eigenvalue weighted by molar-refractivity contribution is 0.0630. The summed E-state index contributed by atoms with van der Waals surface area (Å²) >= 11 is 0. The predicted octanol–water partition coefficient (Wildman–Crippen LogP) is 4.13. The van der Waals surface area contributed by atoms with Crippen LogP contribution >= 0.6 is 0 Å². The van der Waals surface area contributed by atoms with Crippen molar-refractivity contribution in [1.29, 1.82) is 0 Å². The van der Waals surface area contributed by atoms with Gasteiger partial charge in [-0.25, -0.2) is 14.1 Å². The third kappa shape index (κ3) is 4.24. The molecule has 4 aromatic rings. The number of fused-ring (bicyclic) bond motifs is 1. The molecule has 0 bridgehead atoms. The van der Waals surface area contributed by atoms with E-state index in [0.29, 0.717) is 30.8 Å². The number of carbonyl (C=O) groups excluding carboxylic acids is 1. The summed E-state index contributed by atoms with van der Waals surface area (Å²) in [5, 5.41) is 5.50. The second-order valence-corrected chi connectivity index (χ2v) is 8.54. The Kier molecular flexibility index (Phi) is 5.64. The quantitative estimate of drug-likeness (QED) is 0.476. The molecule has 0 unspecified atom stereocenters. The number of rotatable bonds is 4. The molecule has 3 heterocycles. The molecular formula is C26H26FN5O. The van der Waals surface area contributed by atoms with Crippen LogP contribution in [0.1, 0.15) is 27.3 Å². The number of piperazine rings is 1. The lowest BCUT2D eigenvalue weighted by atomic mass is 10.1. The maximum absolute atomic E-state index is 13.6. The SMILES string of the molecule is Cc1cc(C(=O)N2CCN(Cc3cccc(F)c3)CC2)c2c(C)nn(-c3ccccc3)c2n1. The molecule has 0 atom stereocenters. The van der Waals surface area contributed by atoms with Crippen LogP contribution in [0, 0.1) is 19.7 Å². The number of nitrogens with zero attached hydrogens (tertiary/aromatic N) is 5. The lowest BCUT2D eigenvalue weighted by Crippen LogP contribution is -2.48. The smallest absolute Gasteiger partial charge is 0.254 e. The zero-order valence-electron chi connectivity index (χ0n) is 18.8. The maximum Gasteiger partial charge on any atom is 0.254 e. The molecule has 2 aromatic carbocycles. The van der Waals surface area contributed by atoms with E-state index in [4.69, 9.17) is 10.1 Å². The van der Waals surface area contributed by atoms with Gasteiger partial charge in [0.2, 0.25) is 0 Å². The van der Waals surface area contributed by atoms with E-state index in [1.807, 2.05) is 65.9 Å². The van der Waals surface area contributed by atoms with Gasteiger partial charge in [-0.1, -0.05) is 30.3 Å². The molecule has 168 valence electrons. The Labute approximate surface area is 192 Å². The molecule has 0 spiro atoms. The van der Waals surface area contributed by atoms with Gasteiger partial charge in [-0.3, -0.25) is 9.69 Å². The second kappa shape index (κ2) is 8.75. The maximum atomic E-state index is 13.6. The van der Waals surface area contributed by atoms with Gasteiger partial charge in [-0.15, -0.1) is 0 Å². The number of aromatic nitrogens is 3. The number of amides is 1. The second-order valence-electron chi connectivity index (χ2n) is 8.54. The fraction of sp³-hybridized carbons (Fsp3) is 0.269. The van der Waals surface area contributed by atoms with Crippen molar-refractivity contribution < 1.29 is 9.18 Å². The Morgan fingerprint density at radius 1 is 0.970 bits per heavy atom. The van der Waals surface area contributed by atoms with Crippen molar-refractivity contribution >= 4 is 16.9 Å². The van der Waals surface area contributed by atoms with Crippen LogP contribution in [0.5, 0.6) is 0 Å². The van der Waals surface area contributed by atoms with Crippen molar-refractivity contribution in [3.8, 4) is 5.69 Å². The number of hydrogen-bond donors (Lipinski definition) is 0. The van der Waals surface area contributed by atoms with E-state index in [1.165, 1.54) is 6.07 Å². The van der Waals surface area contributed by atoms with Crippen molar-refractivity contribution in [1.82, 2.24) is 24.6 Å². The summed E-state index contributed by atoms with van der Waals surface area (Å²) in [6, 6.07) is 18.4. The number of pyridine rings is 1. The minimum Gasteiger partial charge on any atom is -0.336 e. The van der Waals surface area contributed by atoms with Gasteiger partial charge >= 0.3 is 0 Å². The van der Waals surface area contributed by atoms with Gasteiger partial charge in [0.05, 0.1) is 22.3 Å². The highest BCUT2D eigenvalue weighted by Gasteiger charge is 2.26. The Morgan fingerprint density at radius 2 is 1.73 bits per heavy atom. The third-order valence-electron chi connectivity index (χ3n) is 6.13. The molecule has 2 aromatic heterocycles. The Morgan fingerprint density at radius 3 is 2.45 bits per heavy atom. The van der Waals surface area contributed by atoms with E-state index < -0.39 is 0 Å². The minimum absolute atomic E-state index is 0.00613. The van der Waals surface area contributed by atoms with E-state index >= 15 is 0 Å². The van der Waals surface area contributed by atoms with Crippen LogP contribution < -0.4 is 0 Å². The number of halogens is 1. The molecule has 1 aliphatic heterocycles. The van der Waals surface area contributed by atoms with Crippen LogP contribution in [-0.2, 0) is 6.54 Å². The molecule has 6 nitrogen and oxygen atoms in total. The predicted molar refractivity (Wildman–Crippen MR) is 126 cm³/mol. The number of benzene rings is 2. The standard InChI is InChI=1S/C26H26FN5O/c1-18-15-23(24-19(2)29-32(25(24)28-18)22-9-4-3-5-10-22)26(33)31-13-11-30(12-14-31)17-20-7-6-8-21(27)16-20/h3-10,15-16H,11-14,17H2,1-2H3. The van der Waals surface area contributed by atoms with Gasteiger partial charge < -0.3 is 4.90 Å². The average molecular weight is 444 g/mol. The van der Waals surface area contributed by atoms with Crippen molar-refractivity contribution in [3.05, 3.63) is 89.0 Å². The highest BCUT2D eigenvalue weighted by atomic mass is 19.1. The van der Waals surface area contributed by atoms with E-state index in [9.17, 15) is 9.18 Å². The Balaban J connectivity index is 1.38. The monoisotopic (exact) mass is 443 g/mol. The number of hydrogen-bond acceptors (Lipinski definition) is 4. The molecule has 0 radical (unpaired) electrons. The van der Waals surface area contributed by atoms with E-state index in [0.717, 1.165) is 41.1 Å². The van der Waals surface area contributed by atoms with Gasteiger partial charge in [0, 0.05) is 38.4 Å². The van der Waals surface area contributed by atoms with Gasteiger partial charge in [0.25, 0.3) is 5.91 Å². The van der Waals surface area contributed by atoms with E-state index in [-0.39, 0.29) is 11.7 Å². The first-order chi connectivity index (χ1) is 16.0. The first kappa shape index (κ1) is 21.3. The molecule has 0 N–H and O–H groups in total. The van der Waals surface area contributed by atoms with Crippen molar-refractivity contribution in [2.45, 2.75) is 20.4 Å². The Bertz CT molecular complexity index is 1310. The van der Waals surface area contributed by atoms with Crippen LogP contribution in [0.25, 0.3) is 16.7 Å². The summed E-state index contributed by atoms with van der Waals surface area (Å²) < 4.78 is 15.3. The van der Waals surface area contributed by atoms with Crippen molar-refractivity contribution in [3.63, 3.8) is 0 Å². The van der Waals surface area contributed by atoms with Crippen LogP contribution in [0.2, 0.25) is 0 Å². The molecule has 1 saturated heterocycles. The molecule has 1 fully saturated rings. The molecule has 1 amide bonds. The first-order valence-corrected chi connectivity index (χ1v) is 11.2. The molecule has 0 saturated carbocycles. The summed E-state index contributed by atoms with van der Waals surface area (Å²) in [5.41, 5.74) is 4.79. The average Bonchev–Trinajstić information content (AvgIpc) is 3.15. The van der Waals surface area contributed by atoms with Gasteiger partial charge in [0.15, 0.2) is 5.65 Å². The van der Waals surface area contributed by atoms with Crippen molar-refractivity contribution in [2.24, 2.45) is 0 Å². The molecule has 0 aliphatic carbocycles. The number of para-hydroxylation sites is 1. The van der Waals surface area contributed by atoms with E-state index in [1.54, 1.807) is 12.1 Å². The normalized spacial score (nSPS) is 14.7. The number of carbonyl (C=O) groups is 1. The minimum atomic E-state index is -0.218. The molecular weight excluding hydrogens is 417 g/mol. The van der Waals surface area contributed by atoms with Gasteiger partial charge in [-0.2, -0.15) is 5.10 Å². The topological polar surface area (TPSA) is 54.3 Å². The molecule has 1 aliphatic rings. The van der Waals surface area contributed by atoms with Gasteiger partial charge in [-0.05, 0) is 49.7 Å². The third-order valence-corrected chi connectivity index (χ3v) is 6.13. The van der Waals surface area contributed by atoms with Gasteiger partial charge in [0.1, 0.15) is 5.82 Å². The molecule has 7 heteroatoms. The summed E-state index contributed by atoms with van der Waals surface area (Å²) in [6.45, 7) is 7.26. The molecule has 5 rings (SSSR count). The van der Waals surface area contributed by atoms with Crippen molar-refractivity contribution in [2.75, 3.05) is 26.2 Å². The lowest BCUT2D eigenvalue weighted by Gasteiger charge is -2.35. The fourth-order valence-electron chi connectivity index (χ4n) is 4.50. The zero-order chi connectivity index (χ0) is 22.9. The van der Waals surface area contributed by atoms with Crippen LogP contribution in [0.15, 0.2) is 60.7 Å². The highest BCUT2D eigenvalue weighted by Crippen LogP contribution is 2.26. The first-order valence-electron chi connectivity index (χ1n) is 11.2. The highest BCUT2D eigenvalue weighted by molar-refractivity contribution is 6.06. The zero-order valence-corrected chi connectivity index (χ0v) is 18.8. The Hall–Kier alpha value is -3.58. The largest absolute Gasteiger partial charge is 0.336 e. The van der Waals surface area contributed by atoms with E-state index in [2.05, 4.69) is 4.90 Å². The summed E-state index contributed by atoms with van der Waals surface area (Å²) in [4.78, 5) is 22.4.